The van der Waals surface area contributed by atoms with Crippen LogP contribution in [0.3, 0.4) is 0 Å². The molecule has 3 heterocycles. The van der Waals surface area contributed by atoms with Crippen molar-refractivity contribution in [3.05, 3.63) is 62.2 Å². The molecule has 0 fully saturated rings. The lowest BCUT2D eigenvalue weighted by Gasteiger charge is -2.32. The van der Waals surface area contributed by atoms with Crippen LogP contribution in [0, 0.1) is 10.1 Å². The number of nitro groups is 1. The Bertz CT molecular complexity index is 903. The summed E-state index contributed by atoms with van der Waals surface area (Å²) >= 11 is 1.82. The molecule has 0 radical (unpaired) electrons. The van der Waals surface area contributed by atoms with Crippen LogP contribution in [-0.4, -0.2) is 26.5 Å². The Morgan fingerprint density at radius 3 is 2.92 bits per heavy atom. The van der Waals surface area contributed by atoms with Crippen molar-refractivity contribution in [3.8, 4) is 11.4 Å². The Hall–Kier alpha value is -2.58. The second-order valence-corrected chi connectivity index (χ2v) is 7.01. The van der Waals surface area contributed by atoms with E-state index < -0.39 is 4.92 Å². The number of aromatic nitrogens is 2. The summed E-state index contributed by atoms with van der Waals surface area (Å²) in [6, 6.07) is 8.66. The van der Waals surface area contributed by atoms with Crippen LogP contribution in [0.4, 0.5) is 5.69 Å². The van der Waals surface area contributed by atoms with Crippen molar-refractivity contribution < 1.29 is 9.45 Å². The van der Waals surface area contributed by atoms with Gasteiger partial charge in [-0.3, -0.25) is 15.0 Å². The van der Waals surface area contributed by atoms with Crippen molar-refractivity contribution >= 4 is 17.0 Å². The molecule has 0 spiro atoms. The topological polar surface area (TPSA) is 85.3 Å². The summed E-state index contributed by atoms with van der Waals surface area (Å²) in [7, 11) is 0. The van der Waals surface area contributed by atoms with Crippen molar-refractivity contribution in [3.63, 3.8) is 0 Å². The number of fused-ring (bicyclic) bond motifs is 1. The maximum Gasteiger partial charge on any atom is 0.269 e. The molecule has 0 bridgehead atoms. The minimum absolute atomic E-state index is 0.0428. The second kappa shape index (κ2) is 6.38. The van der Waals surface area contributed by atoms with Crippen LogP contribution in [0.5, 0.6) is 0 Å². The lowest BCUT2D eigenvalue weighted by molar-refractivity contribution is -0.384. The maximum atomic E-state index is 10.7. The Kier molecular flexibility index (Phi) is 4.06. The first-order valence-electron chi connectivity index (χ1n) is 7.99. The van der Waals surface area contributed by atoms with Crippen molar-refractivity contribution in [2.45, 2.75) is 25.9 Å². The number of non-ortho nitro benzene ring substituents is 1. The van der Waals surface area contributed by atoms with Crippen molar-refractivity contribution in [1.82, 2.24) is 15.0 Å². The largest absolute Gasteiger partial charge is 0.338 e. The molecule has 4 rings (SSSR count). The molecule has 25 heavy (non-hydrogen) atoms. The lowest BCUT2D eigenvalue weighted by atomic mass is 10.0. The number of hydrogen-bond donors (Lipinski definition) is 0. The summed E-state index contributed by atoms with van der Waals surface area (Å²) in [6.45, 7) is 3.75. The second-order valence-electron chi connectivity index (χ2n) is 6.01. The van der Waals surface area contributed by atoms with Gasteiger partial charge in [0.05, 0.1) is 11.5 Å². The van der Waals surface area contributed by atoms with E-state index >= 15 is 0 Å². The summed E-state index contributed by atoms with van der Waals surface area (Å²) < 4.78 is 5.38. The van der Waals surface area contributed by atoms with Gasteiger partial charge in [-0.05, 0) is 42.5 Å². The molecule has 1 unspecified atom stereocenters. The molecule has 7 nitrogen and oxygen atoms in total. The first-order chi connectivity index (χ1) is 12.1. The molecular weight excluding hydrogens is 340 g/mol. The number of thiophene rings is 1. The van der Waals surface area contributed by atoms with E-state index in [4.69, 9.17) is 4.52 Å². The highest BCUT2D eigenvalue weighted by atomic mass is 32.1. The van der Waals surface area contributed by atoms with E-state index in [2.05, 4.69) is 33.4 Å². The van der Waals surface area contributed by atoms with Crippen LogP contribution in [0.25, 0.3) is 11.4 Å². The van der Waals surface area contributed by atoms with Crippen molar-refractivity contribution in [2.75, 3.05) is 6.54 Å². The molecule has 0 saturated heterocycles. The smallest absolute Gasteiger partial charge is 0.269 e. The molecule has 0 N–H and O–H groups in total. The minimum atomic E-state index is -0.429. The highest BCUT2D eigenvalue weighted by molar-refractivity contribution is 7.10. The third-order valence-electron chi connectivity index (χ3n) is 4.55. The molecule has 1 aliphatic heterocycles. The van der Waals surface area contributed by atoms with Gasteiger partial charge in [0.1, 0.15) is 0 Å². The third kappa shape index (κ3) is 3.06. The Morgan fingerprint density at radius 2 is 2.16 bits per heavy atom. The number of hydrogen-bond acceptors (Lipinski definition) is 7. The zero-order chi connectivity index (χ0) is 17.4. The summed E-state index contributed by atoms with van der Waals surface area (Å²) in [5.74, 6) is 1.00. The fraction of sp³-hybridized carbons (Fsp3) is 0.294. The van der Waals surface area contributed by atoms with Crippen LogP contribution >= 0.6 is 11.3 Å². The molecule has 3 aromatic rings. The summed E-state index contributed by atoms with van der Waals surface area (Å²) in [5, 5.41) is 16.9. The Morgan fingerprint density at radius 1 is 1.36 bits per heavy atom. The molecule has 0 amide bonds. The van der Waals surface area contributed by atoms with Crippen molar-refractivity contribution in [2.24, 2.45) is 0 Å². The van der Waals surface area contributed by atoms with Crippen LogP contribution in [-0.2, 0) is 13.0 Å². The molecule has 1 aliphatic rings. The minimum Gasteiger partial charge on any atom is -0.338 e. The number of nitrogens with zero attached hydrogens (tertiary/aromatic N) is 4. The Balaban J connectivity index is 1.49. The van der Waals surface area contributed by atoms with Gasteiger partial charge in [0.2, 0.25) is 11.7 Å². The normalized spacial score (nSPS) is 17.4. The zero-order valence-electron chi connectivity index (χ0n) is 13.6. The quantitative estimate of drug-likeness (QED) is 0.522. The number of benzene rings is 1. The predicted octanol–water partition coefficient (Wildman–Crippen LogP) is 3.83. The lowest BCUT2D eigenvalue weighted by Crippen LogP contribution is -2.32. The average Bonchev–Trinajstić information content (AvgIpc) is 3.27. The highest BCUT2D eigenvalue weighted by Gasteiger charge is 2.26. The highest BCUT2D eigenvalue weighted by Crippen LogP contribution is 2.33. The molecule has 1 aromatic carbocycles. The van der Waals surface area contributed by atoms with E-state index in [0.717, 1.165) is 13.0 Å². The van der Waals surface area contributed by atoms with Gasteiger partial charge in [0.15, 0.2) is 0 Å². The maximum absolute atomic E-state index is 10.7. The first kappa shape index (κ1) is 15.9. The van der Waals surface area contributed by atoms with Crippen LogP contribution in [0.2, 0.25) is 0 Å². The average molecular weight is 356 g/mol. The van der Waals surface area contributed by atoms with E-state index in [9.17, 15) is 10.1 Å². The number of rotatable bonds is 4. The molecule has 8 heteroatoms. The van der Waals surface area contributed by atoms with Gasteiger partial charge in [0.25, 0.3) is 5.69 Å². The van der Waals surface area contributed by atoms with E-state index in [1.165, 1.54) is 22.6 Å². The molecule has 2 aromatic heterocycles. The van der Waals surface area contributed by atoms with E-state index in [1.54, 1.807) is 12.1 Å². The SMILES string of the molecule is CC1c2ccsc2CCN1Cc1nc(-c2ccc([N+](=O)[O-])cc2)no1. The monoisotopic (exact) mass is 356 g/mol. The standard InChI is InChI=1S/C17H16N4O3S/c1-11-14-7-9-25-15(14)6-8-20(11)10-16-18-17(19-24-16)12-2-4-13(5-3-12)21(22)23/h2-5,7,9,11H,6,8,10H2,1H3. The summed E-state index contributed by atoms with van der Waals surface area (Å²) in [4.78, 5) is 18.5. The van der Waals surface area contributed by atoms with Gasteiger partial charge >= 0.3 is 0 Å². The molecule has 0 aliphatic carbocycles. The third-order valence-corrected chi connectivity index (χ3v) is 5.54. The van der Waals surface area contributed by atoms with Crippen molar-refractivity contribution in [1.29, 1.82) is 0 Å². The van der Waals surface area contributed by atoms with E-state index in [0.29, 0.717) is 29.9 Å². The fourth-order valence-corrected chi connectivity index (χ4v) is 4.08. The van der Waals surface area contributed by atoms with Gasteiger partial charge in [-0.15, -0.1) is 11.3 Å². The predicted molar refractivity (Wildman–Crippen MR) is 93.2 cm³/mol. The van der Waals surface area contributed by atoms with E-state index in [1.807, 2.05) is 11.3 Å². The fourth-order valence-electron chi connectivity index (χ4n) is 3.12. The van der Waals surface area contributed by atoms with Gasteiger partial charge in [0, 0.05) is 35.2 Å². The molecule has 128 valence electrons. The molecular formula is C17H16N4O3S. The van der Waals surface area contributed by atoms with Gasteiger partial charge in [-0.2, -0.15) is 4.98 Å². The van der Waals surface area contributed by atoms with Crippen LogP contribution in [0.15, 0.2) is 40.2 Å². The molecule has 0 saturated carbocycles. The van der Waals surface area contributed by atoms with Crippen LogP contribution < -0.4 is 0 Å². The van der Waals surface area contributed by atoms with Gasteiger partial charge in [-0.25, -0.2) is 0 Å². The van der Waals surface area contributed by atoms with Crippen LogP contribution in [0.1, 0.15) is 29.3 Å². The molecule has 1 atom stereocenters. The Labute approximate surface area is 148 Å². The van der Waals surface area contributed by atoms with Gasteiger partial charge < -0.3 is 4.52 Å². The zero-order valence-corrected chi connectivity index (χ0v) is 14.4. The summed E-state index contributed by atoms with van der Waals surface area (Å²) in [6.07, 6.45) is 1.04. The number of nitro benzene ring substituents is 1. The van der Waals surface area contributed by atoms with Gasteiger partial charge in [-0.1, -0.05) is 5.16 Å². The first-order valence-corrected chi connectivity index (χ1v) is 8.87. The van der Waals surface area contributed by atoms with E-state index in [-0.39, 0.29) is 5.69 Å². The summed E-state index contributed by atoms with van der Waals surface area (Å²) in [5.41, 5.74) is 2.12.